The molecule has 0 radical (unpaired) electrons. The van der Waals surface area contributed by atoms with Crippen LogP contribution in [0.2, 0.25) is 0 Å². The Morgan fingerprint density at radius 3 is 2.07 bits per heavy atom. The number of hydrogen-bond acceptors (Lipinski definition) is 1. The zero-order valence-electron chi connectivity index (χ0n) is 10.00. The van der Waals surface area contributed by atoms with Gasteiger partial charge in [0.05, 0.1) is 6.10 Å². The predicted molar refractivity (Wildman–Crippen MR) is 61.2 cm³/mol. The monoisotopic (exact) mass is 198 g/mol. The normalized spacial score (nSPS) is 30.6. The number of hydrogen-bond donors (Lipinski definition) is 1. The Kier molecular flexibility index (Phi) is 4.94. The van der Waals surface area contributed by atoms with Gasteiger partial charge in [-0.1, -0.05) is 26.7 Å². The minimum absolute atomic E-state index is 0.0992. The fourth-order valence-electron chi connectivity index (χ4n) is 2.62. The Morgan fingerprint density at radius 1 is 1.07 bits per heavy atom. The average Bonchev–Trinajstić information content (AvgIpc) is 2.15. The summed E-state index contributed by atoms with van der Waals surface area (Å²) in [4.78, 5) is 0. The van der Waals surface area contributed by atoms with E-state index in [4.69, 9.17) is 0 Å². The molecule has 1 atom stereocenters. The molecule has 0 heterocycles. The van der Waals surface area contributed by atoms with Crippen LogP contribution < -0.4 is 0 Å². The average molecular weight is 198 g/mol. The predicted octanol–water partition coefficient (Wildman–Crippen LogP) is 3.61. The van der Waals surface area contributed by atoms with Crippen molar-refractivity contribution in [1.82, 2.24) is 0 Å². The first-order valence-corrected chi connectivity index (χ1v) is 6.27. The molecule has 14 heavy (non-hydrogen) atoms. The van der Waals surface area contributed by atoms with Crippen molar-refractivity contribution in [2.45, 2.75) is 65.4 Å². The van der Waals surface area contributed by atoms with Crippen molar-refractivity contribution >= 4 is 0 Å². The molecule has 0 amide bonds. The van der Waals surface area contributed by atoms with E-state index in [1.54, 1.807) is 0 Å². The molecular formula is C13H26O. The van der Waals surface area contributed by atoms with E-state index in [0.717, 1.165) is 24.2 Å². The van der Waals surface area contributed by atoms with Gasteiger partial charge in [0.25, 0.3) is 0 Å². The minimum Gasteiger partial charge on any atom is -0.393 e. The van der Waals surface area contributed by atoms with Crippen LogP contribution in [0.15, 0.2) is 0 Å². The highest BCUT2D eigenvalue weighted by atomic mass is 16.3. The second-order valence-corrected chi connectivity index (χ2v) is 5.45. The smallest absolute Gasteiger partial charge is 0.0512 e. The lowest BCUT2D eigenvalue weighted by atomic mass is 9.75. The number of aliphatic hydroxyl groups excluding tert-OH is 1. The lowest BCUT2D eigenvalue weighted by Gasteiger charge is -2.31. The zero-order valence-corrected chi connectivity index (χ0v) is 10.00. The zero-order chi connectivity index (χ0) is 10.6. The summed E-state index contributed by atoms with van der Waals surface area (Å²) in [7, 11) is 0. The van der Waals surface area contributed by atoms with Gasteiger partial charge in [-0.25, -0.2) is 0 Å². The molecular weight excluding hydrogens is 172 g/mol. The van der Waals surface area contributed by atoms with E-state index < -0.39 is 0 Å². The van der Waals surface area contributed by atoms with Crippen molar-refractivity contribution in [3.05, 3.63) is 0 Å². The van der Waals surface area contributed by atoms with E-state index in [-0.39, 0.29) is 6.10 Å². The third-order valence-electron chi connectivity index (χ3n) is 3.83. The summed E-state index contributed by atoms with van der Waals surface area (Å²) < 4.78 is 0. The molecule has 0 saturated heterocycles. The highest BCUT2D eigenvalue weighted by Gasteiger charge is 2.22. The minimum atomic E-state index is -0.0992. The molecule has 0 spiro atoms. The van der Waals surface area contributed by atoms with Crippen molar-refractivity contribution in [2.75, 3.05) is 0 Å². The molecule has 1 aliphatic carbocycles. The fraction of sp³-hybridized carbons (Fsp3) is 1.00. The van der Waals surface area contributed by atoms with Gasteiger partial charge >= 0.3 is 0 Å². The van der Waals surface area contributed by atoms with Crippen molar-refractivity contribution in [1.29, 1.82) is 0 Å². The third kappa shape index (κ3) is 4.00. The molecule has 1 nitrogen and oxygen atoms in total. The standard InChI is InChI=1S/C13H26O/c1-10(2)13-8-6-12(7-9-13)5-4-11(3)14/h10-14H,4-9H2,1-3H3. The molecule has 1 unspecified atom stereocenters. The Morgan fingerprint density at radius 2 is 1.64 bits per heavy atom. The molecule has 1 heteroatoms. The van der Waals surface area contributed by atoms with Crippen LogP contribution in [-0.2, 0) is 0 Å². The van der Waals surface area contributed by atoms with Crippen molar-refractivity contribution in [3.63, 3.8) is 0 Å². The van der Waals surface area contributed by atoms with E-state index in [9.17, 15) is 5.11 Å². The Hall–Kier alpha value is -0.0400. The molecule has 84 valence electrons. The highest BCUT2D eigenvalue weighted by Crippen LogP contribution is 2.35. The van der Waals surface area contributed by atoms with Gasteiger partial charge in [-0.2, -0.15) is 0 Å². The summed E-state index contributed by atoms with van der Waals surface area (Å²) in [6.07, 6.45) is 7.77. The number of rotatable bonds is 4. The molecule has 0 aromatic heterocycles. The maximum absolute atomic E-state index is 9.22. The van der Waals surface area contributed by atoms with E-state index >= 15 is 0 Å². The van der Waals surface area contributed by atoms with Crippen LogP contribution in [0.3, 0.4) is 0 Å². The summed E-state index contributed by atoms with van der Waals surface area (Å²) in [5, 5.41) is 9.22. The highest BCUT2D eigenvalue weighted by molar-refractivity contribution is 4.74. The van der Waals surface area contributed by atoms with E-state index in [2.05, 4.69) is 13.8 Å². The third-order valence-corrected chi connectivity index (χ3v) is 3.83. The molecule has 0 aliphatic heterocycles. The van der Waals surface area contributed by atoms with Crippen LogP contribution >= 0.6 is 0 Å². The van der Waals surface area contributed by atoms with E-state index in [1.165, 1.54) is 32.1 Å². The fourth-order valence-corrected chi connectivity index (χ4v) is 2.62. The van der Waals surface area contributed by atoms with Gasteiger partial charge in [0.15, 0.2) is 0 Å². The maximum atomic E-state index is 9.22. The number of aliphatic hydroxyl groups is 1. The largest absolute Gasteiger partial charge is 0.393 e. The summed E-state index contributed by atoms with van der Waals surface area (Å²) in [5.41, 5.74) is 0. The Balaban J connectivity index is 2.16. The van der Waals surface area contributed by atoms with Gasteiger partial charge in [0.1, 0.15) is 0 Å². The Labute approximate surface area is 88.9 Å². The first kappa shape index (κ1) is 12.0. The summed E-state index contributed by atoms with van der Waals surface area (Å²) in [6, 6.07) is 0. The Bertz CT molecular complexity index is 143. The lowest BCUT2D eigenvalue weighted by molar-refractivity contribution is 0.155. The van der Waals surface area contributed by atoms with Gasteiger partial charge in [-0.3, -0.25) is 0 Å². The first-order valence-electron chi connectivity index (χ1n) is 6.27. The van der Waals surface area contributed by atoms with Crippen LogP contribution in [0, 0.1) is 17.8 Å². The summed E-state index contributed by atoms with van der Waals surface area (Å²) in [5.74, 6) is 2.74. The molecule has 0 bridgehead atoms. The van der Waals surface area contributed by atoms with Gasteiger partial charge in [-0.05, 0) is 50.4 Å². The van der Waals surface area contributed by atoms with Gasteiger partial charge in [0, 0.05) is 0 Å². The summed E-state index contributed by atoms with van der Waals surface area (Å²) >= 11 is 0. The van der Waals surface area contributed by atoms with Crippen LogP contribution in [0.1, 0.15) is 59.3 Å². The SMILES string of the molecule is CC(O)CCC1CCC(C(C)C)CC1. The van der Waals surface area contributed by atoms with E-state index in [0.29, 0.717) is 0 Å². The topological polar surface area (TPSA) is 20.2 Å². The quantitative estimate of drug-likeness (QED) is 0.731. The second kappa shape index (κ2) is 5.75. The van der Waals surface area contributed by atoms with Crippen LogP contribution in [0.4, 0.5) is 0 Å². The second-order valence-electron chi connectivity index (χ2n) is 5.45. The molecule has 1 aliphatic rings. The van der Waals surface area contributed by atoms with Gasteiger partial charge in [-0.15, -0.1) is 0 Å². The van der Waals surface area contributed by atoms with Crippen LogP contribution in [0.25, 0.3) is 0 Å². The maximum Gasteiger partial charge on any atom is 0.0512 e. The van der Waals surface area contributed by atoms with E-state index in [1.807, 2.05) is 6.92 Å². The van der Waals surface area contributed by atoms with Gasteiger partial charge in [0.2, 0.25) is 0 Å². The molecule has 1 saturated carbocycles. The molecule has 1 rings (SSSR count). The molecule has 1 fully saturated rings. The first-order chi connectivity index (χ1) is 6.59. The van der Waals surface area contributed by atoms with Crippen LogP contribution in [0.5, 0.6) is 0 Å². The van der Waals surface area contributed by atoms with Crippen LogP contribution in [-0.4, -0.2) is 11.2 Å². The summed E-state index contributed by atoms with van der Waals surface area (Å²) in [6.45, 7) is 6.60. The lowest BCUT2D eigenvalue weighted by Crippen LogP contribution is -2.19. The van der Waals surface area contributed by atoms with Crippen molar-refractivity contribution in [3.8, 4) is 0 Å². The molecule has 0 aromatic carbocycles. The van der Waals surface area contributed by atoms with Gasteiger partial charge < -0.3 is 5.11 Å². The van der Waals surface area contributed by atoms with Crippen molar-refractivity contribution < 1.29 is 5.11 Å². The van der Waals surface area contributed by atoms with Crippen molar-refractivity contribution in [2.24, 2.45) is 17.8 Å². The molecule has 1 N–H and O–H groups in total. The molecule has 0 aromatic rings.